The largest absolute Gasteiger partial charge is 0.492 e. The molecule has 176 valence electrons. The van der Waals surface area contributed by atoms with Crippen molar-refractivity contribution in [2.45, 2.75) is 44.3 Å². The summed E-state index contributed by atoms with van der Waals surface area (Å²) in [6.07, 6.45) is 3.16. The van der Waals surface area contributed by atoms with E-state index >= 15 is 0 Å². The number of benzene rings is 3. The minimum absolute atomic E-state index is 0.0889. The van der Waals surface area contributed by atoms with Crippen LogP contribution in [-0.4, -0.2) is 49.0 Å². The molecule has 1 heterocycles. The molecule has 0 spiro atoms. The highest BCUT2D eigenvalue weighted by Crippen LogP contribution is 2.35. The molecule has 0 bridgehead atoms. The van der Waals surface area contributed by atoms with E-state index in [-0.39, 0.29) is 5.60 Å². The molecule has 0 aliphatic carbocycles. The first kappa shape index (κ1) is 24.0. The van der Waals surface area contributed by atoms with E-state index in [4.69, 9.17) is 21.1 Å². The molecule has 1 atom stereocenters. The first-order valence-electron chi connectivity index (χ1n) is 11.9. The van der Waals surface area contributed by atoms with Crippen molar-refractivity contribution < 1.29 is 14.6 Å². The van der Waals surface area contributed by atoms with Gasteiger partial charge >= 0.3 is 0 Å². The second-order valence-electron chi connectivity index (χ2n) is 8.99. The third-order valence-corrected chi connectivity index (χ3v) is 7.31. The van der Waals surface area contributed by atoms with Crippen LogP contribution in [0, 0.1) is 0 Å². The summed E-state index contributed by atoms with van der Waals surface area (Å²) in [6.45, 7) is 5.37. The van der Waals surface area contributed by atoms with Crippen molar-refractivity contribution in [2.75, 3.05) is 33.4 Å². The van der Waals surface area contributed by atoms with Crippen molar-refractivity contribution in [3.63, 3.8) is 0 Å². The fourth-order valence-corrected chi connectivity index (χ4v) is 5.13. The van der Waals surface area contributed by atoms with E-state index in [0.717, 1.165) is 55.2 Å². The van der Waals surface area contributed by atoms with E-state index in [1.54, 1.807) is 0 Å². The van der Waals surface area contributed by atoms with Gasteiger partial charge in [0.1, 0.15) is 5.75 Å². The van der Waals surface area contributed by atoms with E-state index in [0.29, 0.717) is 23.8 Å². The normalized spacial score (nSPS) is 17.2. The lowest BCUT2D eigenvalue weighted by Crippen LogP contribution is -2.47. The maximum absolute atomic E-state index is 10.9. The van der Waals surface area contributed by atoms with E-state index < -0.39 is 6.10 Å². The zero-order valence-corrected chi connectivity index (χ0v) is 20.4. The van der Waals surface area contributed by atoms with Crippen molar-refractivity contribution in [3.05, 3.63) is 76.8 Å². The van der Waals surface area contributed by atoms with Gasteiger partial charge < -0.3 is 19.5 Å². The molecule has 1 aliphatic rings. The monoisotopic (exact) mass is 467 g/mol. The summed E-state index contributed by atoms with van der Waals surface area (Å²) >= 11 is 6.50. The molecule has 3 aromatic carbocycles. The Morgan fingerprint density at radius 1 is 1.06 bits per heavy atom. The zero-order valence-electron chi connectivity index (χ0n) is 19.6. The van der Waals surface area contributed by atoms with Gasteiger partial charge in [-0.05, 0) is 54.8 Å². The van der Waals surface area contributed by atoms with Crippen LogP contribution in [0.1, 0.15) is 43.4 Å². The number of fused-ring (bicyclic) bond motifs is 1. The number of aliphatic hydroxyl groups is 1. The van der Waals surface area contributed by atoms with Gasteiger partial charge in [0.25, 0.3) is 0 Å². The Balaban J connectivity index is 1.33. The zero-order chi connectivity index (χ0) is 23.3. The van der Waals surface area contributed by atoms with Gasteiger partial charge in [0.05, 0.1) is 23.3 Å². The summed E-state index contributed by atoms with van der Waals surface area (Å²) in [5, 5.41) is 13.4. The lowest BCUT2D eigenvalue weighted by molar-refractivity contribution is -0.0577. The molecule has 33 heavy (non-hydrogen) atoms. The molecule has 3 aromatic rings. The highest BCUT2D eigenvalue weighted by Gasteiger charge is 2.34. The molecule has 0 amide bonds. The van der Waals surface area contributed by atoms with Crippen LogP contribution in [0.2, 0.25) is 5.02 Å². The van der Waals surface area contributed by atoms with Gasteiger partial charge in [0, 0.05) is 38.6 Å². The van der Waals surface area contributed by atoms with Crippen LogP contribution in [0.15, 0.2) is 60.7 Å². The summed E-state index contributed by atoms with van der Waals surface area (Å²) in [5.74, 6) is 0.699. The smallest absolute Gasteiger partial charge is 0.138 e. The summed E-state index contributed by atoms with van der Waals surface area (Å²) < 4.78 is 11.6. The van der Waals surface area contributed by atoms with Crippen molar-refractivity contribution in [2.24, 2.45) is 0 Å². The lowest BCUT2D eigenvalue weighted by Gasteiger charge is -2.41. The Labute approximate surface area is 202 Å². The second-order valence-corrected chi connectivity index (χ2v) is 9.36. The van der Waals surface area contributed by atoms with Crippen LogP contribution in [0.25, 0.3) is 10.8 Å². The van der Waals surface area contributed by atoms with Gasteiger partial charge in [-0.15, -0.1) is 0 Å². The summed E-state index contributed by atoms with van der Waals surface area (Å²) in [6, 6.07) is 20.5. The van der Waals surface area contributed by atoms with Crippen LogP contribution >= 0.6 is 11.6 Å². The Morgan fingerprint density at radius 2 is 1.82 bits per heavy atom. The van der Waals surface area contributed by atoms with Crippen molar-refractivity contribution in [3.8, 4) is 5.75 Å². The lowest BCUT2D eigenvalue weighted by atomic mass is 9.85. The number of nitrogens with zero attached hydrogens (tertiary/aromatic N) is 1. The van der Waals surface area contributed by atoms with Gasteiger partial charge in [0.2, 0.25) is 0 Å². The molecule has 1 fully saturated rings. The van der Waals surface area contributed by atoms with Crippen molar-refractivity contribution in [1.82, 2.24) is 4.90 Å². The molecule has 4 nitrogen and oxygen atoms in total. The number of likely N-dealkylation sites (tertiary alicyclic amines) is 1. The molecule has 4 rings (SSSR count). The molecular weight excluding hydrogens is 434 g/mol. The Bertz CT molecular complexity index is 1050. The van der Waals surface area contributed by atoms with Crippen molar-refractivity contribution >= 4 is 22.4 Å². The number of halogens is 1. The minimum atomic E-state index is -0.502. The van der Waals surface area contributed by atoms with Gasteiger partial charge in [-0.3, -0.25) is 0 Å². The van der Waals surface area contributed by atoms with Crippen LogP contribution in [-0.2, 0) is 11.2 Å². The maximum atomic E-state index is 10.9. The first-order valence-corrected chi connectivity index (χ1v) is 12.3. The minimum Gasteiger partial charge on any atom is -0.492 e. The average molecular weight is 468 g/mol. The maximum Gasteiger partial charge on any atom is 0.138 e. The number of aliphatic hydroxyl groups excluding tert-OH is 1. The van der Waals surface area contributed by atoms with Crippen LogP contribution in [0.5, 0.6) is 5.75 Å². The van der Waals surface area contributed by atoms with Crippen molar-refractivity contribution in [1.29, 1.82) is 0 Å². The quantitative estimate of drug-likeness (QED) is 0.416. The van der Waals surface area contributed by atoms with E-state index in [9.17, 15) is 5.11 Å². The third-order valence-electron chi connectivity index (χ3n) is 6.92. The predicted molar refractivity (Wildman–Crippen MR) is 135 cm³/mol. The average Bonchev–Trinajstić information content (AvgIpc) is 2.85. The fourth-order valence-electron chi connectivity index (χ4n) is 4.84. The SMILES string of the molecule is CCOc1ccc2cc(C(O)CCN3CCC(Cc4ccccc4)(OC)CC3)ccc2c1Cl. The number of hydrogen-bond donors (Lipinski definition) is 1. The van der Waals surface area contributed by atoms with Crippen LogP contribution < -0.4 is 4.74 Å². The van der Waals surface area contributed by atoms with E-state index in [2.05, 4.69) is 35.2 Å². The number of rotatable bonds is 9. The molecular formula is C28H34ClNO3. The molecule has 0 saturated carbocycles. The third kappa shape index (κ3) is 5.70. The summed E-state index contributed by atoms with van der Waals surface area (Å²) in [4.78, 5) is 2.44. The Morgan fingerprint density at radius 3 is 2.52 bits per heavy atom. The van der Waals surface area contributed by atoms with E-state index in [1.165, 1.54) is 5.56 Å². The Hall–Kier alpha value is -2.11. The molecule has 1 aliphatic heterocycles. The molecule has 1 N–H and O–H groups in total. The summed E-state index contributed by atoms with van der Waals surface area (Å²) in [7, 11) is 1.84. The highest BCUT2D eigenvalue weighted by molar-refractivity contribution is 6.37. The number of ether oxygens (including phenoxy) is 2. The molecule has 0 radical (unpaired) electrons. The van der Waals surface area contributed by atoms with E-state index in [1.807, 2.05) is 44.4 Å². The number of hydrogen-bond acceptors (Lipinski definition) is 4. The van der Waals surface area contributed by atoms with Gasteiger partial charge in [0.15, 0.2) is 0 Å². The number of piperidine rings is 1. The van der Waals surface area contributed by atoms with Crippen LogP contribution in [0.4, 0.5) is 0 Å². The molecule has 5 heteroatoms. The van der Waals surface area contributed by atoms with Gasteiger partial charge in [-0.2, -0.15) is 0 Å². The first-order chi connectivity index (χ1) is 16.0. The standard InChI is InChI=1S/C28H34ClNO3/c1-3-33-26-12-10-22-19-23(9-11-24(22)27(26)29)25(31)13-16-30-17-14-28(32-2,15-18-30)20-21-7-5-4-6-8-21/h4-12,19,25,31H,3,13-18,20H2,1-2H3. The molecule has 0 aromatic heterocycles. The summed E-state index contributed by atoms with van der Waals surface area (Å²) in [5.41, 5.74) is 2.16. The highest BCUT2D eigenvalue weighted by atomic mass is 35.5. The van der Waals surface area contributed by atoms with Gasteiger partial charge in [-0.1, -0.05) is 60.1 Å². The van der Waals surface area contributed by atoms with Gasteiger partial charge in [-0.25, -0.2) is 0 Å². The fraction of sp³-hybridized carbons (Fsp3) is 0.429. The molecule has 1 saturated heterocycles. The molecule has 1 unspecified atom stereocenters. The second kappa shape index (κ2) is 10.9. The van der Waals surface area contributed by atoms with Crippen LogP contribution in [0.3, 0.4) is 0 Å². The number of methoxy groups -OCH3 is 1. The predicted octanol–water partition coefficient (Wildman–Crippen LogP) is 6.04. The topological polar surface area (TPSA) is 41.9 Å². The Kier molecular flexibility index (Phi) is 7.92.